The average Bonchev–Trinajstić information content (AvgIpc) is 2.75. The van der Waals surface area contributed by atoms with Gasteiger partial charge in [0.25, 0.3) is 0 Å². The maximum absolute atomic E-state index is 12.4. The third-order valence-corrected chi connectivity index (χ3v) is 5.82. The van der Waals surface area contributed by atoms with Crippen LogP contribution in [0.25, 0.3) is 11.1 Å². The summed E-state index contributed by atoms with van der Waals surface area (Å²) in [5.41, 5.74) is 4.20. The molecule has 3 nitrogen and oxygen atoms in total. The molecule has 1 aliphatic carbocycles. The predicted molar refractivity (Wildman–Crippen MR) is 112 cm³/mol. The molecule has 1 aliphatic rings. The number of esters is 1. The van der Waals surface area contributed by atoms with E-state index in [2.05, 4.69) is 44.2 Å². The van der Waals surface area contributed by atoms with Gasteiger partial charge >= 0.3 is 5.97 Å². The summed E-state index contributed by atoms with van der Waals surface area (Å²) in [6.45, 7) is 4.50. The Kier molecular flexibility index (Phi) is 6.87. The molecule has 0 bridgehead atoms. The number of benzene rings is 2. The zero-order chi connectivity index (χ0) is 19.9. The van der Waals surface area contributed by atoms with E-state index in [1.807, 2.05) is 24.3 Å². The third-order valence-electron chi connectivity index (χ3n) is 5.82. The summed E-state index contributed by atoms with van der Waals surface area (Å²) < 4.78 is 5.63. The first kappa shape index (κ1) is 20.1. The van der Waals surface area contributed by atoms with Crippen LogP contribution in [0.2, 0.25) is 0 Å². The fourth-order valence-electron chi connectivity index (χ4n) is 3.71. The zero-order valence-corrected chi connectivity index (χ0v) is 16.9. The Morgan fingerprint density at radius 1 is 1.04 bits per heavy atom. The molecule has 1 fully saturated rings. The van der Waals surface area contributed by atoms with E-state index >= 15 is 0 Å². The van der Waals surface area contributed by atoms with Gasteiger partial charge in [0.05, 0.1) is 11.6 Å². The van der Waals surface area contributed by atoms with Crippen LogP contribution in [0.1, 0.15) is 61.9 Å². The summed E-state index contributed by atoms with van der Waals surface area (Å²) in [5.74, 6) is 0.549. The number of nitrogens with zero attached hydrogens (tertiary/aromatic N) is 1. The van der Waals surface area contributed by atoms with Gasteiger partial charge in [-0.1, -0.05) is 56.7 Å². The molecule has 28 heavy (non-hydrogen) atoms. The molecule has 0 N–H and O–H groups in total. The average molecular weight is 376 g/mol. The summed E-state index contributed by atoms with van der Waals surface area (Å²) in [7, 11) is 0. The number of carbonyl (C=O) groups is 1. The highest BCUT2D eigenvalue weighted by Gasteiger charge is 2.24. The normalized spacial score (nSPS) is 20.2. The fourth-order valence-corrected chi connectivity index (χ4v) is 3.71. The molecule has 0 amide bonds. The Hall–Kier alpha value is -2.60. The van der Waals surface area contributed by atoms with Crippen molar-refractivity contribution in [2.45, 2.75) is 58.5 Å². The highest BCUT2D eigenvalue weighted by molar-refractivity contribution is 5.90. The molecule has 0 heterocycles. The van der Waals surface area contributed by atoms with Gasteiger partial charge in [-0.2, -0.15) is 5.26 Å². The Bertz CT molecular complexity index is 809. The molecule has 0 aliphatic heterocycles. The first-order valence-corrected chi connectivity index (χ1v) is 10.4. The molecule has 3 heteroatoms. The van der Waals surface area contributed by atoms with Gasteiger partial charge in [-0.05, 0) is 66.8 Å². The SMILES string of the molecule is CCC(C)Cc1ccc(-c2ccc(C(=O)OC3CCC(C#N)CC3)cc2)cc1. The van der Waals surface area contributed by atoms with Crippen LogP contribution in [0.15, 0.2) is 48.5 Å². The van der Waals surface area contributed by atoms with Crippen molar-refractivity contribution >= 4 is 5.97 Å². The van der Waals surface area contributed by atoms with Gasteiger partial charge in [0.1, 0.15) is 6.10 Å². The number of ether oxygens (including phenoxy) is 1. The molecule has 2 aromatic rings. The van der Waals surface area contributed by atoms with E-state index in [0.717, 1.165) is 43.2 Å². The van der Waals surface area contributed by atoms with Crippen molar-refractivity contribution < 1.29 is 9.53 Å². The summed E-state index contributed by atoms with van der Waals surface area (Å²) in [5, 5.41) is 8.96. The number of carbonyl (C=O) groups excluding carboxylic acids is 1. The van der Waals surface area contributed by atoms with Crippen molar-refractivity contribution in [1.29, 1.82) is 5.26 Å². The molecule has 2 aromatic carbocycles. The topological polar surface area (TPSA) is 50.1 Å². The Morgan fingerprint density at radius 2 is 1.61 bits per heavy atom. The number of rotatable bonds is 6. The predicted octanol–water partition coefficient (Wildman–Crippen LogP) is 6.18. The first-order valence-electron chi connectivity index (χ1n) is 10.4. The minimum Gasteiger partial charge on any atom is -0.459 e. The molecule has 0 spiro atoms. The van der Waals surface area contributed by atoms with Crippen LogP contribution in [-0.4, -0.2) is 12.1 Å². The number of hydrogen-bond acceptors (Lipinski definition) is 3. The van der Waals surface area contributed by atoms with Crippen LogP contribution >= 0.6 is 0 Å². The van der Waals surface area contributed by atoms with Crippen molar-refractivity contribution in [3.8, 4) is 17.2 Å². The quantitative estimate of drug-likeness (QED) is 0.566. The molecule has 146 valence electrons. The molecule has 0 radical (unpaired) electrons. The molecular formula is C25H29NO2. The van der Waals surface area contributed by atoms with Crippen LogP contribution < -0.4 is 0 Å². The second-order valence-corrected chi connectivity index (χ2v) is 8.00. The van der Waals surface area contributed by atoms with E-state index < -0.39 is 0 Å². The Morgan fingerprint density at radius 3 is 2.14 bits per heavy atom. The molecule has 1 unspecified atom stereocenters. The minimum absolute atomic E-state index is 0.0603. The van der Waals surface area contributed by atoms with Gasteiger partial charge in [-0.3, -0.25) is 0 Å². The van der Waals surface area contributed by atoms with Crippen LogP contribution in [0.3, 0.4) is 0 Å². The molecule has 0 aromatic heterocycles. The van der Waals surface area contributed by atoms with E-state index in [0.29, 0.717) is 11.5 Å². The highest BCUT2D eigenvalue weighted by Crippen LogP contribution is 2.27. The second kappa shape index (κ2) is 9.55. The monoisotopic (exact) mass is 375 g/mol. The standard InChI is InChI=1S/C25H29NO2/c1-3-18(2)16-19-4-8-21(9-5-19)22-10-12-23(13-11-22)25(27)28-24-14-6-20(17-26)7-15-24/h4-5,8-13,18,20,24H,3,6-7,14-16H2,1-2H3. The van der Waals surface area contributed by atoms with Crippen molar-refractivity contribution in [3.63, 3.8) is 0 Å². The highest BCUT2D eigenvalue weighted by atomic mass is 16.5. The smallest absolute Gasteiger partial charge is 0.338 e. The lowest BCUT2D eigenvalue weighted by Crippen LogP contribution is -2.24. The lowest BCUT2D eigenvalue weighted by Gasteiger charge is -2.24. The minimum atomic E-state index is -0.268. The lowest BCUT2D eigenvalue weighted by atomic mass is 9.88. The zero-order valence-electron chi connectivity index (χ0n) is 16.9. The molecule has 3 rings (SSSR count). The Labute approximate surface area is 168 Å². The van der Waals surface area contributed by atoms with Crippen LogP contribution in [0.5, 0.6) is 0 Å². The molecule has 0 saturated heterocycles. The van der Waals surface area contributed by atoms with Gasteiger partial charge in [-0.25, -0.2) is 4.79 Å². The first-order chi connectivity index (χ1) is 13.6. The van der Waals surface area contributed by atoms with Gasteiger partial charge in [0.15, 0.2) is 0 Å². The van der Waals surface area contributed by atoms with Crippen molar-refractivity contribution in [3.05, 3.63) is 59.7 Å². The van der Waals surface area contributed by atoms with Crippen molar-refractivity contribution in [2.24, 2.45) is 11.8 Å². The maximum Gasteiger partial charge on any atom is 0.338 e. The van der Waals surface area contributed by atoms with E-state index in [1.165, 1.54) is 12.0 Å². The van der Waals surface area contributed by atoms with Gasteiger partial charge in [0.2, 0.25) is 0 Å². The summed E-state index contributed by atoms with van der Waals surface area (Å²) in [4.78, 5) is 12.4. The van der Waals surface area contributed by atoms with Crippen LogP contribution in [0.4, 0.5) is 0 Å². The van der Waals surface area contributed by atoms with Gasteiger partial charge < -0.3 is 4.74 Å². The Balaban J connectivity index is 1.58. The van der Waals surface area contributed by atoms with Gasteiger partial charge in [0, 0.05) is 5.92 Å². The molecule has 1 atom stereocenters. The maximum atomic E-state index is 12.4. The van der Waals surface area contributed by atoms with Crippen molar-refractivity contribution in [1.82, 2.24) is 0 Å². The largest absolute Gasteiger partial charge is 0.459 e. The molecular weight excluding hydrogens is 346 g/mol. The molecule has 1 saturated carbocycles. The number of nitriles is 1. The lowest BCUT2D eigenvalue weighted by molar-refractivity contribution is 0.0187. The van der Waals surface area contributed by atoms with Crippen molar-refractivity contribution in [2.75, 3.05) is 0 Å². The van der Waals surface area contributed by atoms with E-state index in [4.69, 9.17) is 10.00 Å². The number of hydrogen-bond donors (Lipinski definition) is 0. The second-order valence-electron chi connectivity index (χ2n) is 8.00. The summed E-state index contributed by atoms with van der Waals surface area (Å²) >= 11 is 0. The van der Waals surface area contributed by atoms with Crippen LogP contribution in [-0.2, 0) is 11.2 Å². The third kappa shape index (κ3) is 5.23. The summed E-state index contributed by atoms with van der Waals surface area (Å²) in [6.07, 6.45) is 5.45. The van der Waals surface area contributed by atoms with Gasteiger partial charge in [-0.15, -0.1) is 0 Å². The fraction of sp³-hybridized carbons (Fsp3) is 0.440. The van der Waals surface area contributed by atoms with E-state index in [9.17, 15) is 4.79 Å². The summed E-state index contributed by atoms with van der Waals surface area (Å²) in [6, 6.07) is 18.6. The van der Waals surface area contributed by atoms with E-state index in [1.54, 1.807) is 0 Å². The van der Waals surface area contributed by atoms with E-state index in [-0.39, 0.29) is 18.0 Å². The van der Waals surface area contributed by atoms with Crippen LogP contribution in [0, 0.1) is 23.2 Å².